The van der Waals surface area contributed by atoms with Gasteiger partial charge in [-0.1, -0.05) is 30.3 Å². The highest BCUT2D eigenvalue weighted by Gasteiger charge is 2.30. The van der Waals surface area contributed by atoms with E-state index in [4.69, 9.17) is 5.73 Å². The van der Waals surface area contributed by atoms with Crippen molar-refractivity contribution in [1.82, 2.24) is 5.32 Å². The lowest BCUT2D eigenvalue weighted by molar-refractivity contribution is 0.590. The minimum atomic E-state index is -2.94. The summed E-state index contributed by atoms with van der Waals surface area (Å²) in [4.78, 5) is 4.14. The molecular formula is C14H21N3O2S. The second-order valence-corrected chi connectivity index (χ2v) is 7.42. The molecule has 0 aromatic heterocycles. The molecular weight excluding hydrogens is 274 g/mol. The summed E-state index contributed by atoms with van der Waals surface area (Å²) in [5.41, 5.74) is 6.98. The van der Waals surface area contributed by atoms with Gasteiger partial charge in [0.15, 0.2) is 15.8 Å². The predicted molar refractivity (Wildman–Crippen MR) is 81.4 cm³/mol. The summed E-state index contributed by atoms with van der Waals surface area (Å²) in [5, 5.41) is 2.67. The van der Waals surface area contributed by atoms with E-state index in [1.54, 1.807) is 0 Å². The van der Waals surface area contributed by atoms with Crippen LogP contribution >= 0.6 is 0 Å². The van der Waals surface area contributed by atoms with Crippen LogP contribution in [0.3, 0.4) is 0 Å². The Bertz CT molecular complexity index is 555. The molecule has 2 rings (SSSR count). The number of hydrogen-bond acceptors (Lipinski definition) is 3. The molecule has 1 aromatic carbocycles. The topological polar surface area (TPSA) is 84.5 Å². The van der Waals surface area contributed by atoms with Crippen LogP contribution in [0.25, 0.3) is 0 Å². The second kappa shape index (κ2) is 6.74. The van der Waals surface area contributed by atoms with Gasteiger partial charge in [-0.2, -0.15) is 0 Å². The summed E-state index contributed by atoms with van der Waals surface area (Å²) in [6.45, 7) is 0.962. The van der Waals surface area contributed by atoms with Crippen LogP contribution in [0, 0.1) is 0 Å². The minimum Gasteiger partial charge on any atom is -0.370 e. The van der Waals surface area contributed by atoms with Crippen molar-refractivity contribution in [2.45, 2.75) is 24.5 Å². The molecule has 1 aliphatic heterocycles. The Labute approximate surface area is 120 Å². The molecule has 1 aromatic rings. The summed E-state index contributed by atoms with van der Waals surface area (Å²) < 4.78 is 23.3. The van der Waals surface area contributed by atoms with Gasteiger partial charge >= 0.3 is 0 Å². The molecule has 110 valence electrons. The molecule has 20 heavy (non-hydrogen) atoms. The highest BCUT2D eigenvalue weighted by Crippen LogP contribution is 2.19. The van der Waals surface area contributed by atoms with E-state index >= 15 is 0 Å². The van der Waals surface area contributed by atoms with Gasteiger partial charge in [0.2, 0.25) is 0 Å². The number of aliphatic imine (C=N–C) groups is 1. The van der Waals surface area contributed by atoms with Crippen molar-refractivity contribution in [1.29, 1.82) is 0 Å². The molecule has 6 heteroatoms. The van der Waals surface area contributed by atoms with E-state index in [-0.39, 0.29) is 17.5 Å². The molecule has 0 spiro atoms. The number of nitrogens with two attached hydrogens (primary N) is 1. The zero-order valence-corrected chi connectivity index (χ0v) is 12.3. The van der Waals surface area contributed by atoms with Crippen LogP contribution < -0.4 is 11.1 Å². The summed E-state index contributed by atoms with van der Waals surface area (Å²) in [6.07, 6.45) is 2.30. The van der Waals surface area contributed by atoms with E-state index in [1.807, 2.05) is 18.2 Å². The lowest BCUT2D eigenvalue weighted by Crippen LogP contribution is -2.34. The van der Waals surface area contributed by atoms with Gasteiger partial charge in [0.25, 0.3) is 0 Å². The molecule has 1 heterocycles. The molecule has 0 aliphatic carbocycles. The lowest BCUT2D eigenvalue weighted by Gasteiger charge is -2.08. The average Bonchev–Trinajstić information content (AvgIpc) is 2.76. The highest BCUT2D eigenvalue weighted by molar-refractivity contribution is 7.92. The lowest BCUT2D eigenvalue weighted by atomic mass is 10.1. The Morgan fingerprint density at radius 1 is 1.35 bits per heavy atom. The Hall–Kier alpha value is -1.56. The Kier molecular flexibility index (Phi) is 5.00. The third-order valence-corrected chi connectivity index (χ3v) is 5.75. The van der Waals surface area contributed by atoms with Crippen LogP contribution in [-0.4, -0.2) is 38.5 Å². The van der Waals surface area contributed by atoms with Gasteiger partial charge in [0, 0.05) is 6.54 Å². The van der Waals surface area contributed by atoms with Crippen LogP contribution in [0.1, 0.15) is 18.4 Å². The van der Waals surface area contributed by atoms with Gasteiger partial charge in [-0.05, 0) is 24.8 Å². The number of hydrogen-bond donors (Lipinski definition) is 2. The predicted octanol–water partition coefficient (Wildman–Crippen LogP) is 0.711. The SMILES string of the molecule is NC(=NCC1CCCS1(=O)=O)NCCc1ccccc1. The largest absolute Gasteiger partial charge is 0.370 e. The molecule has 0 saturated carbocycles. The van der Waals surface area contributed by atoms with Crippen LogP contribution in [0.4, 0.5) is 0 Å². The third-order valence-electron chi connectivity index (χ3n) is 3.49. The molecule has 1 aliphatic rings. The molecule has 0 bridgehead atoms. The summed E-state index contributed by atoms with van der Waals surface area (Å²) >= 11 is 0. The Morgan fingerprint density at radius 2 is 2.10 bits per heavy atom. The van der Waals surface area contributed by atoms with Crippen molar-refractivity contribution in [3.63, 3.8) is 0 Å². The van der Waals surface area contributed by atoms with E-state index in [9.17, 15) is 8.42 Å². The van der Waals surface area contributed by atoms with E-state index in [0.717, 1.165) is 12.8 Å². The molecule has 0 amide bonds. The first-order chi connectivity index (χ1) is 9.58. The van der Waals surface area contributed by atoms with Gasteiger partial charge in [-0.3, -0.25) is 4.99 Å². The second-order valence-electron chi connectivity index (χ2n) is 5.02. The van der Waals surface area contributed by atoms with Gasteiger partial charge in [-0.25, -0.2) is 8.42 Å². The first-order valence-corrected chi connectivity index (χ1v) is 8.59. The van der Waals surface area contributed by atoms with Crippen molar-refractivity contribution < 1.29 is 8.42 Å². The molecule has 1 fully saturated rings. The quantitative estimate of drug-likeness (QED) is 0.619. The zero-order chi connectivity index (χ0) is 14.4. The smallest absolute Gasteiger partial charge is 0.188 e. The first kappa shape index (κ1) is 14.8. The van der Waals surface area contributed by atoms with Crippen LogP contribution in [-0.2, 0) is 16.3 Å². The number of nitrogens with zero attached hydrogens (tertiary/aromatic N) is 1. The van der Waals surface area contributed by atoms with E-state index < -0.39 is 9.84 Å². The van der Waals surface area contributed by atoms with E-state index in [0.29, 0.717) is 18.9 Å². The zero-order valence-electron chi connectivity index (χ0n) is 11.5. The van der Waals surface area contributed by atoms with E-state index in [1.165, 1.54) is 5.56 Å². The molecule has 1 unspecified atom stereocenters. The van der Waals surface area contributed by atoms with Gasteiger partial charge in [0.05, 0.1) is 17.5 Å². The number of rotatable bonds is 5. The van der Waals surface area contributed by atoms with Crippen LogP contribution in [0.5, 0.6) is 0 Å². The molecule has 1 atom stereocenters. The number of sulfone groups is 1. The fourth-order valence-electron chi connectivity index (χ4n) is 2.30. The maximum Gasteiger partial charge on any atom is 0.188 e. The Morgan fingerprint density at radius 3 is 2.75 bits per heavy atom. The highest BCUT2D eigenvalue weighted by atomic mass is 32.2. The number of benzene rings is 1. The monoisotopic (exact) mass is 295 g/mol. The normalized spacial score (nSPS) is 21.8. The number of guanidine groups is 1. The van der Waals surface area contributed by atoms with Gasteiger partial charge < -0.3 is 11.1 Å². The maximum atomic E-state index is 11.6. The van der Waals surface area contributed by atoms with Crippen molar-refractivity contribution in [2.75, 3.05) is 18.8 Å². The fraction of sp³-hybridized carbons (Fsp3) is 0.500. The standard InChI is InChI=1S/C14H21N3O2S/c15-14(16-9-8-12-5-2-1-3-6-12)17-11-13-7-4-10-20(13,18)19/h1-3,5-6,13H,4,7-11H2,(H3,15,16,17). The maximum absolute atomic E-state index is 11.6. The molecule has 0 radical (unpaired) electrons. The van der Waals surface area contributed by atoms with E-state index in [2.05, 4.69) is 22.4 Å². The van der Waals surface area contributed by atoms with Crippen molar-refractivity contribution in [3.05, 3.63) is 35.9 Å². The van der Waals surface area contributed by atoms with Crippen molar-refractivity contribution >= 4 is 15.8 Å². The molecule has 1 saturated heterocycles. The molecule has 3 N–H and O–H groups in total. The van der Waals surface area contributed by atoms with Crippen molar-refractivity contribution in [3.8, 4) is 0 Å². The third kappa shape index (κ3) is 4.23. The van der Waals surface area contributed by atoms with Gasteiger partial charge in [-0.15, -0.1) is 0 Å². The summed E-state index contributed by atoms with van der Waals surface area (Å²) in [6, 6.07) is 10.1. The average molecular weight is 295 g/mol. The minimum absolute atomic E-state index is 0.270. The van der Waals surface area contributed by atoms with Gasteiger partial charge in [0.1, 0.15) is 0 Å². The fourth-order valence-corrected chi connectivity index (χ4v) is 4.03. The first-order valence-electron chi connectivity index (χ1n) is 6.87. The van der Waals surface area contributed by atoms with Crippen molar-refractivity contribution in [2.24, 2.45) is 10.7 Å². The summed E-state index contributed by atoms with van der Waals surface area (Å²) in [5.74, 6) is 0.608. The summed E-state index contributed by atoms with van der Waals surface area (Å²) in [7, 11) is -2.94. The molecule has 5 nitrogen and oxygen atoms in total. The Balaban J connectivity index is 1.74. The van der Waals surface area contributed by atoms with Crippen LogP contribution in [0.2, 0.25) is 0 Å². The van der Waals surface area contributed by atoms with Crippen LogP contribution in [0.15, 0.2) is 35.3 Å². The number of nitrogens with one attached hydrogen (secondary N) is 1.